The monoisotopic (exact) mass is 576 g/mol. The number of aryl methyl sites for hydroxylation is 4. The van der Waals surface area contributed by atoms with Gasteiger partial charge in [-0.2, -0.15) is 4.09 Å². The van der Waals surface area contributed by atoms with Gasteiger partial charge in [-0.05, 0) is 75.0 Å². The van der Waals surface area contributed by atoms with Crippen LogP contribution in [0.15, 0.2) is 65.8 Å². The van der Waals surface area contributed by atoms with Crippen LogP contribution in [0.2, 0.25) is 0 Å². The number of thioether (sulfide) groups is 1. The summed E-state index contributed by atoms with van der Waals surface area (Å²) in [4.78, 5) is 40.5. The second-order valence-electron chi connectivity index (χ2n) is 9.19. The molecule has 0 aliphatic rings. The average Bonchev–Trinajstić information content (AvgIpc) is 3.32. The molecule has 0 saturated carbocycles. The Balaban J connectivity index is 1.49. The van der Waals surface area contributed by atoms with Crippen LogP contribution in [0.3, 0.4) is 0 Å². The fraction of sp³-hybridized carbons (Fsp3) is 0.214. The molecule has 1 heterocycles. The molecule has 2 N–H and O–H groups in total. The maximum Gasteiger partial charge on any atom is 0.269 e. The number of anilines is 2. The van der Waals surface area contributed by atoms with E-state index in [0.717, 1.165) is 45.6 Å². The summed E-state index contributed by atoms with van der Waals surface area (Å²) in [5.74, 6) is 0.0306. The lowest BCUT2D eigenvalue weighted by Gasteiger charge is -2.10. The van der Waals surface area contributed by atoms with Gasteiger partial charge in [0.25, 0.3) is 5.69 Å². The van der Waals surface area contributed by atoms with Crippen molar-refractivity contribution in [2.45, 2.75) is 32.9 Å². The largest absolute Gasteiger partial charge is 0.325 e. The Morgan fingerprint density at radius 2 is 1.40 bits per heavy atom. The molecule has 0 bridgehead atoms. The van der Waals surface area contributed by atoms with Gasteiger partial charge in [0.15, 0.2) is 11.0 Å². The number of nitro groups is 1. The van der Waals surface area contributed by atoms with Crippen molar-refractivity contribution in [3.05, 3.63) is 93.0 Å². The summed E-state index contributed by atoms with van der Waals surface area (Å²) >= 11 is 2.32. The highest BCUT2D eigenvalue weighted by Gasteiger charge is 2.17. The number of aromatic nitrogens is 3. The van der Waals surface area contributed by atoms with Crippen molar-refractivity contribution >= 4 is 52.6 Å². The van der Waals surface area contributed by atoms with Crippen molar-refractivity contribution in [2.75, 3.05) is 22.1 Å². The van der Waals surface area contributed by atoms with E-state index in [1.165, 1.54) is 28.0 Å². The Kier molecular flexibility index (Phi) is 9.22. The zero-order valence-electron chi connectivity index (χ0n) is 22.4. The number of hydrogen-bond donors (Lipinski definition) is 2. The molecule has 0 aliphatic carbocycles. The Morgan fingerprint density at radius 1 is 0.850 bits per heavy atom. The van der Waals surface area contributed by atoms with Gasteiger partial charge in [0.1, 0.15) is 0 Å². The van der Waals surface area contributed by atoms with Crippen LogP contribution < -0.4 is 10.6 Å². The van der Waals surface area contributed by atoms with E-state index < -0.39 is 4.92 Å². The third-order valence-electron chi connectivity index (χ3n) is 5.85. The van der Waals surface area contributed by atoms with Crippen LogP contribution in [0.5, 0.6) is 0 Å². The SMILES string of the molecule is Cc1ccc(NC(=O)CSc2nc(-c3ccc([N+](=O)[O-])cc3)nn2SCC(=O)Nc2ccc(C)cc2C)c(C)c1. The van der Waals surface area contributed by atoms with Crippen molar-refractivity contribution in [3.63, 3.8) is 0 Å². The number of amides is 2. The summed E-state index contributed by atoms with van der Waals surface area (Å²) in [6.45, 7) is 7.84. The maximum absolute atomic E-state index is 12.7. The van der Waals surface area contributed by atoms with Gasteiger partial charge in [-0.25, -0.2) is 4.98 Å². The molecule has 40 heavy (non-hydrogen) atoms. The van der Waals surface area contributed by atoms with Gasteiger partial charge < -0.3 is 10.6 Å². The van der Waals surface area contributed by atoms with Crippen LogP contribution in [-0.4, -0.2) is 42.4 Å². The normalized spacial score (nSPS) is 10.8. The standard InChI is InChI=1S/C28H28N6O4S2/c1-17-5-11-23(19(3)13-17)29-25(35)15-39-28-31-27(21-7-9-22(10-8-21)34(37)38)32-33(28)40-16-26(36)30-24-12-6-18(2)14-20(24)4/h5-14H,15-16H2,1-4H3,(H,29,35)(H,30,36). The first-order valence-corrected chi connectivity index (χ1v) is 14.2. The van der Waals surface area contributed by atoms with Gasteiger partial charge in [-0.15, -0.1) is 5.10 Å². The molecule has 4 aromatic rings. The van der Waals surface area contributed by atoms with E-state index in [-0.39, 0.29) is 29.0 Å². The molecule has 0 saturated heterocycles. The Labute approximate surface area is 240 Å². The van der Waals surface area contributed by atoms with Crippen molar-refractivity contribution in [3.8, 4) is 11.4 Å². The van der Waals surface area contributed by atoms with Crippen molar-refractivity contribution in [2.24, 2.45) is 0 Å². The smallest absolute Gasteiger partial charge is 0.269 e. The molecular weight excluding hydrogens is 548 g/mol. The van der Waals surface area contributed by atoms with E-state index in [1.54, 1.807) is 12.1 Å². The van der Waals surface area contributed by atoms with Crippen molar-refractivity contribution < 1.29 is 14.5 Å². The Bertz CT molecular complexity index is 1480. The molecule has 3 aromatic carbocycles. The first-order chi connectivity index (χ1) is 19.1. The zero-order valence-corrected chi connectivity index (χ0v) is 24.1. The molecule has 0 spiro atoms. The predicted molar refractivity (Wildman–Crippen MR) is 160 cm³/mol. The van der Waals surface area contributed by atoms with Crippen LogP contribution in [0, 0.1) is 37.8 Å². The number of nitro benzene ring substituents is 1. The summed E-state index contributed by atoms with van der Waals surface area (Å²) in [5.41, 5.74) is 6.15. The van der Waals surface area contributed by atoms with E-state index in [2.05, 4.69) is 20.7 Å². The van der Waals surface area contributed by atoms with Gasteiger partial charge in [0.05, 0.1) is 16.4 Å². The molecule has 1 aromatic heterocycles. The van der Waals surface area contributed by atoms with Crippen LogP contribution in [0.25, 0.3) is 11.4 Å². The molecule has 206 valence electrons. The van der Waals surface area contributed by atoms with Crippen molar-refractivity contribution in [1.29, 1.82) is 0 Å². The van der Waals surface area contributed by atoms with Crippen LogP contribution in [0.1, 0.15) is 22.3 Å². The minimum atomic E-state index is -0.476. The number of carbonyl (C=O) groups is 2. The van der Waals surface area contributed by atoms with Gasteiger partial charge >= 0.3 is 0 Å². The minimum absolute atomic E-state index is 0.0432. The number of rotatable bonds is 10. The van der Waals surface area contributed by atoms with E-state index in [1.807, 2.05) is 64.1 Å². The van der Waals surface area contributed by atoms with E-state index in [0.29, 0.717) is 16.5 Å². The average molecular weight is 577 g/mol. The second kappa shape index (κ2) is 12.8. The molecule has 4 rings (SSSR count). The highest BCUT2D eigenvalue weighted by molar-refractivity contribution is 8.02. The second-order valence-corrected chi connectivity index (χ2v) is 11.0. The number of benzene rings is 3. The fourth-order valence-corrected chi connectivity index (χ4v) is 5.39. The third kappa shape index (κ3) is 7.48. The third-order valence-corrected chi connectivity index (χ3v) is 7.78. The summed E-state index contributed by atoms with van der Waals surface area (Å²) in [5, 5.41) is 21.8. The number of hydrogen-bond acceptors (Lipinski definition) is 8. The lowest BCUT2D eigenvalue weighted by Crippen LogP contribution is -2.17. The lowest BCUT2D eigenvalue weighted by molar-refractivity contribution is -0.384. The highest BCUT2D eigenvalue weighted by Crippen LogP contribution is 2.27. The van der Waals surface area contributed by atoms with E-state index in [9.17, 15) is 19.7 Å². The number of nitrogens with one attached hydrogen (secondary N) is 2. The number of carbonyl (C=O) groups excluding carboxylic acids is 2. The topological polar surface area (TPSA) is 132 Å². The molecule has 0 aliphatic heterocycles. The molecular formula is C28H28N6O4S2. The van der Waals surface area contributed by atoms with Gasteiger partial charge in [0.2, 0.25) is 11.8 Å². The zero-order chi connectivity index (χ0) is 28.8. The highest BCUT2D eigenvalue weighted by atomic mass is 32.2. The van der Waals surface area contributed by atoms with Crippen molar-refractivity contribution in [1.82, 2.24) is 14.2 Å². The van der Waals surface area contributed by atoms with Crippen LogP contribution in [-0.2, 0) is 9.59 Å². The molecule has 0 fully saturated rings. The molecule has 2 amide bonds. The van der Waals surface area contributed by atoms with Gasteiger partial charge in [-0.1, -0.05) is 47.2 Å². The molecule has 0 atom stereocenters. The van der Waals surface area contributed by atoms with Crippen LogP contribution >= 0.6 is 23.7 Å². The van der Waals surface area contributed by atoms with E-state index in [4.69, 9.17) is 0 Å². The predicted octanol–water partition coefficient (Wildman–Crippen LogP) is 5.95. The van der Waals surface area contributed by atoms with Crippen LogP contribution in [0.4, 0.5) is 17.1 Å². The number of non-ortho nitro benzene ring substituents is 1. The summed E-state index contributed by atoms with van der Waals surface area (Å²) in [6.07, 6.45) is 0. The summed E-state index contributed by atoms with van der Waals surface area (Å²) in [6, 6.07) is 17.5. The summed E-state index contributed by atoms with van der Waals surface area (Å²) < 4.78 is 1.51. The molecule has 0 radical (unpaired) electrons. The Hall–Kier alpha value is -4.16. The first-order valence-electron chi connectivity index (χ1n) is 12.3. The molecule has 12 heteroatoms. The minimum Gasteiger partial charge on any atom is -0.325 e. The number of nitrogens with zero attached hydrogens (tertiary/aromatic N) is 4. The van der Waals surface area contributed by atoms with Gasteiger partial charge in [0, 0.05) is 29.1 Å². The maximum atomic E-state index is 12.7. The molecule has 0 unspecified atom stereocenters. The fourth-order valence-electron chi connectivity index (χ4n) is 3.84. The van der Waals surface area contributed by atoms with Gasteiger partial charge in [-0.3, -0.25) is 19.7 Å². The van der Waals surface area contributed by atoms with E-state index >= 15 is 0 Å². The quantitative estimate of drug-likeness (QED) is 0.134. The lowest BCUT2D eigenvalue weighted by atomic mass is 10.1. The molecule has 10 nitrogen and oxygen atoms in total. The summed E-state index contributed by atoms with van der Waals surface area (Å²) in [7, 11) is 0. The first kappa shape index (κ1) is 28.8. The Morgan fingerprint density at radius 3 is 1.93 bits per heavy atom.